The Labute approximate surface area is 114 Å². The Hall–Kier alpha value is -1.61. The van der Waals surface area contributed by atoms with Gasteiger partial charge in [0.2, 0.25) is 0 Å². The minimum Gasteiger partial charge on any atom is -0.359 e. The molecule has 19 heavy (non-hydrogen) atoms. The Bertz CT molecular complexity index is 535. The maximum atomic E-state index is 5.93. The average Bonchev–Trinajstić information content (AvgIpc) is 2.86. The van der Waals surface area contributed by atoms with Gasteiger partial charge in [0.25, 0.3) is 0 Å². The predicted molar refractivity (Wildman–Crippen MR) is 77.9 cm³/mol. The third-order valence-corrected chi connectivity index (χ3v) is 3.38. The zero-order valence-corrected chi connectivity index (χ0v) is 12.1. The van der Waals surface area contributed by atoms with Gasteiger partial charge in [0.1, 0.15) is 5.69 Å². The molecule has 0 amide bonds. The molecule has 0 fully saturated rings. The molecular formula is C16H22N2O. The molecule has 0 aliphatic rings. The van der Waals surface area contributed by atoms with Gasteiger partial charge in [-0.1, -0.05) is 57.1 Å². The largest absolute Gasteiger partial charge is 0.359 e. The van der Waals surface area contributed by atoms with Crippen LogP contribution in [-0.4, -0.2) is 5.16 Å². The Morgan fingerprint density at radius 1 is 1.21 bits per heavy atom. The fraction of sp³-hybridized carbons (Fsp3) is 0.438. The summed E-state index contributed by atoms with van der Waals surface area (Å²) in [6, 6.07) is 10.3. The molecule has 2 N–H and O–H groups in total. The van der Waals surface area contributed by atoms with E-state index >= 15 is 0 Å². The molecule has 0 spiro atoms. The lowest BCUT2D eigenvalue weighted by Gasteiger charge is -2.18. The molecule has 0 saturated carbocycles. The van der Waals surface area contributed by atoms with Crippen LogP contribution in [0.5, 0.6) is 0 Å². The Balaban J connectivity index is 2.25. The van der Waals surface area contributed by atoms with Gasteiger partial charge >= 0.3 is 0 Å². The highest BCUT2D eigenvalue weighted by Gasteiger charge is 2.15. The maximum Gasteiger partial charge on any atom is 0.154 e. The summed E-state index contributed by atoms with van der Waals surface area (Å²) in [5.41, 5.74) is 9.32. The molecule has 1 aromatic carbocycles. The van der Waals surface area contributed by atoms with Crippen molar-refractivity contribution in [1.82, 2.24) is 5.16 Å². The Morgan fingerprint density at radius 3 is 2.37 bits per heavy atom. The van der Waals surface area contributed by atoms with Crippen molar-refractivity contribution in [1.29, 1.82) is 0 Å². The Morgan fingerprint density at radius 2 is 1.84 bits per heavy atom. The predicted octanol–water partition coefficient (Wildman–Crippen LogP) is 4.05. The van der Waals surface area contributed by atoms with E-state index in [1.165, 1.54) is 5.56 Å². The van der Waals surface area contributed by atoms with E-state index in [0.29, 0.717) is 0 Å². The monoisotopic (exact) mass is 258 g/mol. The topological polar surface area (TPSA) is 52.0 Å². The van der Waals surface area contributed by atoms with Gasteiger partial charge in [-0.25, -0.2) is 0 Å². The molecule has 1 aromatic heterocycles. The smallest absolute Gasteiger partial charge is 0.154 e. The molecule has 2 aromatic rings. The van der Waals surface area contributed by atoms with E-state index in [2.05, 4.69) is 50.2 Å². The highest BCUT2D eigenvalue weighted by atomic mass is 16.5. The SMILES string of the molecule is CCC(N)c1cc(-c2ccc(C(C)(C)C)cc2)no1. The van der Waals surface area contributed by atoms with Crippen LogP contribution in [0.2, 0.25) is 0 Å². The summed E-state index contributed by atoms with van der Waals surface area (Å²) in [4.78, 5) is 0. The lowest BCUT2D eigenvalue weighted by Crippen LogP contribution is -2.10. The van der Waals surface area contributed by atoms with Gasteiger partial charge in [0, 0.05) is 11.6 Å². The molecule has 3 nitrogen and oxygen atoms in total. The molecule has 3 heteroatoms. The summed E-state index contributed by atoms with van der Waals surface area (Å²) in [5.74, 6) is 0.748. The Kier molecular flexibility index (Phi) is 3.76. The van der Waals surface area contributed by atoms with Gasteiger partial charge in [-0.05, 0) is 17.4 Å². The first kappa shape index (κ1) is 13.8. The first-order valence-electron chi connectivity index (χ1n) is 6.75. The van der Waals surface area contributed by atoms with Crippen LogP contribution in [0, 0.1) is 0 Å². The van der Waals surface area contributed by atoms with Crippen LogP contribution in [0.1, 0.15) is 51.5 Å². The zero-order valence-electron chi connectivity index (χ0n) is 12.1. The number of hydrogen-bond donors (Lipinski definition) is 1. The average molecular weight is 258 g/mol. The summed E-state index contributed by atoms with van der Waals surface area (Å²) >= 11 is 0. The number of rotatable bonds is 3. The number of aromatic nitrogens is 1. The first-order valence-corrected chi connectivity index (χ1v) is 6.75. The van der Waals surface area contributed by atoms with E-state index < -0.39 is 0 Å². The molecule has 0 aliphatic carbocycles. The molecule has 1 unspecified atom stereocenters. The third kappa shape index (κ3) is 3.04. The first-order chi connectivity index (χ1) is 8.91. The number of benzene rings is 1. The lowest BCUT2D eigenvalue weighted by atomic mass is 9.86. The van der Waals surface area contributed by atoms with Gasteiger partial charge < -0.3 is 10.3 Å². The second-order valence-electron chi connectivity index (χ2n) is 5.96. The quantitative estimate of drug-likeness (QED) is 0.903. The molecule has 1 atom stereocenters. The summed E-state index contributed by atoms with van der Waals surface area (Å²) in [7, 11) is 0. The van der Waals surface area contributed by atoms with Gasteiger partial charge in [0.05, 0.1) is 6.04 Å². The van der Waals surface area contributed by atoms with Crippen molar-refractivity contribution in [2.45, 2.75) is 45.6 Å². The molecular weight excluding hydrogens is 236 g/mol. The molecule has 102 valence electrons. The molecule has 1 heterocycles. The van der Waals surface area contributed by atoms with Crippen molar-refractivity contribution in [3.8, 4) is 11.3 Å². The van der Waals surface area contributed by atoms with Crippen LogP contribution in [0.3, 0.4) is 0 Å². The van der Waals surface area contributed by atoms with Gasteiger partial charge in [-0.2, -0.15) is 0 Å². The third-order valence-electron chi connectivity index (χ3n) is 3.38. The summed E-state index contributed by atoms with van der Waals surface area (Å²) < 4.78 is 5.29. The standard InChI is InChI=1S/C16H22N2O/c1-5-13(17)15-10-14(18-19-15)11-6-8-12(9-7-11)16(2,3)4/h6-10,13H,5,17H2,1-4H3. The van der Waals surface area contributed by atoms with Crippen LogP contribution < -0.4 is 5.73 Å². The molecule has 0 saturated heterocycles. The van der Waals surface area contributed by atoms with Gasteiger partial charge in [-0.15, -0.1) is 0 Å². The van der Waals surface area contributed by atoms with Crippen molar-refractivity contribution in [2.75, 3.05) is 0 Å². The van der Waals surface area contributed by atoms with Crippen LogP contribution in [-0.2, 0) is 5.41 Å². The fourth-order valence-electron chi connectivity index (χ4n) is 1.94. The lowest BCUT2D eigenvalue weighted by molar-refractivity contribution is 0.360. The highest BCUT2D eigenvalue weighted by molar-refractivity contribution is 5.59. The van der Waals surface area contributed by atoms with E-state index in [0.717, 1.165) is 23.4 Å². The molecule has 0 aliphatic heterocycles. The van der Waals surface area contributed by atoms with Crippen molar-refractivity contribution in [2.24, 2.45) is 5.73 Å². The summed E-state index contributed by atoms with van der Waals surface area (Å²) in [5, 5.41) is 4.09. The summed E-state index contributed by atoms with van der Waals surface area (Å²) in [6.07, 6.45) is 0.845. The van der Waals surface area contributed by atoms with Gasteiger partial charge in [-0.3, -0.25) is 0 Å². The number of nitrogens with two attached hydrogens (primary N) is 1. The normalized spacial score (nSPS) is 13.5. The molecule has 0 radical (unpaired) electrons. The van der Waals surface area contributed by atoms with Gasteiger partial charge in [0.15, 0.2) is 5.76 Å². The highest BCUT2D eigenvalue weighted by Crippen LogP contribution is 2.27. The number of nitrogens with zero attached hydrogens (tertiary/aromatic N) is 1. The van der Waals surface area contributed by atoms with E-state index in [-0.39, 0.29) is 11.5 Å². The van der Waals surface area contributed by atoms with Crippen molar-refractivity contribution in [3.05, 3.63) is 41.7 Å². The second kappa shape index (κ2) is 5.17. The zero-order chi connectivity index (χ0) is 14.0. The summed E-state index contributed by atoms with van der Waals surface area (Å²) in [6.45, 7) is 8.65. The van der Waals surface area contributed by atoms with Crippen LogP contribution in [0.25, 0.3) is 11.3 Å². The van der Waals surface area contributed by atoms with Crippen LogP contribution in [0.4, 0.5) is 0 Å². The number of hydrogen-bond acceptors (Lipinski definition) is 3. The van der Waals surface area contributed by atoms with E-state index in [9.17, 15) is 0 Å². The molecule has 0 bridgehead atoms. The van der Waals surface area contributed by atoms with E-state index in [1.807, 2.05) is 13.0 Å². The van der Waals surface area contributed by atoms with Crippen molar-refractivity contribution < 1.29 is 4.52 Å². The van der Waals surface area contributed by atoms with Crippen LogP contribution >= 0.6 is 0 Å². The van der Waals surface area contributed by atoms with E-state index in [4.69, 9.17) is 10.3 Å². The second-order valence-corrected chi connectivity index (χ2v) is 5.96. The fourth-order valence-corrected chi connectivity index (χ4v) is 1.94. The minimum atomic E-state index is -0.0740. The van der Waals surface area contributed by atoms with E-state index in [1.54, 1.807) is 0 Å². The maximum absolute atomic E-state index is 5.93. The van der Waals surface area contributed by atoms with Crippen molar-refractivity contribution >= 4 is 0 Å². The van der Waals surface area contributed by atoms with Crippen LogP contribution in [0.15, 0.2) is 34.9 Å². The molecule has 2 rings (SSSR count). The van der Waals surface area contributed by atoms with Crippen molar-refractivity contribution in [3.63, 3.8) is 0 Å². The minimum absolute atomic E-state index is 0.0740.